The average Bonchev–Trinajstić information content (AvgIpc) is 2.89. The lowest BCUT2D eigenvalue weighted by molar-refractivity contribution is 0.705. The highest BCUT2D eigenvalue weighted by molar-refractivity contribution is 6.50. The molecule has 0 spiro atoms. The van der Waals surface area contributed by atoms with Crippen molar-refractivity contribution in [2.24, 2.45) is 21.1 Å². The van der Waals surface area contributed by atoms with Gasteiger partial charge in [0.25, 0.3) is 5.56 Å². The van der Waals surface area contributed by atoms with Crippen LogP contribution in [0, 0.1) is 0 Å². The number of hydrogen-bond donors (Lipinski definition) is 0. The molecule has 1 aromatic carbocycles. The van der Waals surface area contributed by atoms with Crippen molar-refractivity contribution in [3.05, 3.63) is 62.6 Å². The van der Waals surface area contributed by atoms with Crippen LogP contribution in [-0.2, 0) is 21.1 Å². The molecule has 0 fully saturated rings. The quantitative estimate of drug-likeness (QED) is 0.718. The van der Waals surface area contributed by atoms with Gasteiger partial charge < -0.3 is 4.57 Å². The average molecular weight is 331 g/mol. The van der Waals surface area contributed by atoms with Crippen molar-refractivity contribution in [2.45, 2.75) is 0 Å². The van der Waals surface area contributed by atoms with Gasteiger partial charge in [0.2, 0.25) is 0 Å². The molecule has 0 saturated carbocycles. The Balaban J connectivity index is 2.29. The number of imidazole rings is 1. The Morgan fingerprint density at radius 1 is 1.04 bits per heavy atom. The first kappa shape index (κ1) is 15.3. The standard InChI is InChI=1S/C16H15ClN4O2/c1-19-12-14(20(2)16(23)21(3)15(12)22)18-13(19)11(17)9-10-7-5-4-6-8-10/h4-9H,1-3H3/b11-9+. The number of aromatic nitrogens is 4. The fraction of sp³-hybridized carbons (Fsp3) is 0.188. The summed E-state index contributed by atoms with van der Waals surface area (Å²) in [6, 6.07) is 9.56. The van der Waals surface area contributed by atoms with Crippen LogP contribution in [0.4, 0.5) is 0 Å². The summed E-state index contributed by atoms with van der Waals surface area (Å²) in [6.07, 6.45) is 1.77. The fourth-order valence-corrected chi connectivity index (χ4v) is 2.79. The van der Waals surface area contributed by atoms with Crippen molar-refractivity contribution in [3.8, 4) is 0 Å². The van der Waals surface area contributed by atoms with E-state index in [2.05, 4.69) is 4.98 Å². The maximum absolute atomic E-state index is 12.3. The van der Waals surface area contributed by atoms with E-state index in [1.54, 1.807) is 24.7 Å². The number of aryl methyl sites for hydroxylation is 2. The van der Waals surface area contributed by atoms with Crippen LogP contribution in [0.2, 0.25) is 0 Å². The van der Waals surface area contributed by atoms with E-state index in [0.29, 0.717) is 22.0 Å². The molecule has 0 saturated heterocycles. The van der Waals surface area contributed by atoms with Crippen LogP contribution in [0.1, 0.15) is 11.4 Å². The molecule has 0 amide bonds. The Morgan fingerprint density at radius 2 is 1.70 bits per heavy atom. The van der Waals surface area contributed by atoms with Gasteiger partial charge in [-0.15, -0.1) is 0 Å². The van der Waals surface area contributed by atoms with Gasteiger partial charge in [-0.1, -0.05) is 41.9 Å². The monoisotopic (exact) mass is 330 g/mol. The fourth-order valence-electron chi connectivity index (χ4n) is 2.49. The molecule has 7 heteroatoms. The summed E-state index contributed by atoms with van der Waals surface area (Å²) in [5, 5.41) is 0.393. The van der Waals surface area contributed by atoms with E-state index in [-0.39, 0.29) is 0 Å². The smallest absolute Gasteiger partial charge is 0.320 e. The third-order valence-electron chi connectivity index (χ3n) is 3.78. The highest BCUT2D eigenvalue weighted by atomic mass is 35.5. The summed E-state index contributed by atoms with van der Waals surface area (Å²) >= 11 is 6.38. The molecule has 0 atom stereocenters. The van der Waals surface area contributed by atoms with E-state index < -0.39 is 11.2 Å². The van der Waals surface area contributed by atoms with Crippen molar-refractivity contribution in [3.63, 3.8) is 0 Å². The highest BCUT2D eigenvalue weighted by Crippen LogP contribution is 2.23. The third kappa shape index (κ3) is 2.41. The van der Waals surface area contributed by atoms with E-state index in [1.807, 2.05) is 30.3 Å². The molecule has 0 bridgehead atoms. The molecule has 0 aliphatic carbocycles. The summed E-state index contributed by atoms with van der Waals surface area (Å²) in [5.74, 6) is 0.434. The maximum atomic E-state index is 12.3. The van der Waals surface area contributed by atoms with Crippen LogP contribution in [0.25, 0.3) is 22.3 Å². The van der Waals surface area contributed by atoms with Crippen molar-refractivity contribution < 1.29 is 0 Å². The summed E-state index contributed by atoms with van der Waals surface area (Å²) in [4.78, 5) is 28.7. The largest absolute Gasteiger partial charge is 0.332 e. The molecule has 118 valence electrons. The zero-order valence-electron chi connectivity index (χ0n) is 12.9. The zero-order chi connectivity index (χ0) is 16.7. The number of nitrogens with zero attached hydrogens (tertiary/aromatic N) is 4. The minimum atomic E-state index is -0.421. The molecule has 2 aromatic heterocycles. The van der Waals surface area contributed by atoms with E-state index in [0.717, 1.165) is 10.1 Å². The first-order chi connectivity index (χ1) is 10.9. The van der Waals surface area contributed by atoms with Crippen LogP contribution in [0.3, 0.4) is 0 Å². The molecular weight excluding hydrogens is 316 g/mol. The molecule has 0 unspecified atom stereocenters. The second kappa shape index (κ2) is 5.55. The van der Waals surface area contributed by atoms with E-state index in [1.165, 1.54) is 11.6 Å². The summed E-state index contributed by atoms with van der Waals surface area (Å²) in [6.45, 7) is 0. The minimum Gasteiger partial charge on any atom is -0.320 e. The van der Waals surface area contributed by atoms with Gasteiger partial charge in [0.15, 0.2) is 17.0 Å². The highest BCUT2D eigenvalue weighted by Gasteiger charge is 2.18. The molecule has 3 rings (SSSR count). The van der Waals surface area contributed by atoms with Crippen LogP contribution in [-0.4, -0.2) is 18.7 Å². The second-order valence-corrected chi connectivity index (χ2v) is 5.68. The van der Waals surface area contributed by atoms with Gasteiger partial charge in [-0.3, -0.25) is 13.9 Å². The summed E-state index contributed by atoms with van der Waals surface area (Å²) < 4.78 is 4.01. The molecule has 2 heterocycles. The number of halogens is 1. The van der Waals surface area contributed by atoms with Crippen molar-refractivity contribution in [1.29, 1.82) is 0 Å². The Bertz CT molecular complexity index is 1040. The lowest BCUT2D eigenvalue weighted by Crippen LogP contribution is -2.37. The predicted molar refractivity (Wildman–Crippen MR) is 91.4 cm³/mol. The lowest BCUT2D eigenvalue weighted by Gasteiger charge is -2.03. The summed E-state index contributed by atoms with van der Waals surface area (Å²) in [5.41, 5.74) is 0.759. The van der Waals surface area contributed by atoms with Crippen LogP contribution in [0.15, 0.2) is 39.9 Å². The predicted octanol–water partition coefficient (Wildman–Crippen LogP) is 1.71. The zero-order valence-corrected chi connectivity index (χ0v) is 13.7. The lowest BCUT2D eigenvalue weighted by atomic mass is 10.2. The minimum absolute atomic E-state index is 0.315. The topological polar surface area (TPSA) is 61.8 Å². The molecule has 0 aliphatic heterocycles. The molecule has 6 nitrogen and oxygen atoms in total. The normalized spacial score (nSPS) is 12.1. The Morgan fingerprint density at radius 3 is 2.35 bits per heavy atom. The van der Waals surface area contributed by atoms with E-state index in [9.17, 15) is 9.59 Å². The molecule has 0 aliphatic rings. The number of hydrogen-bond acceptors (Lipinski definition) is 3. The molecule has 0 N–H and O–H groups in total. The van der Waals surface area contributed by atoms with Gasteiger partial charge >= 0.3 is 5.69 Å². The van der Waals surface area contributed by atoms with Gasteiger partial charge in [-0.05, 0) is 11.6 Å². The van der Waals surface area contributed by atoms with E-state index >= 15 is 0 Å². The third-order valence-corrected chi connectivity index (χ3v) is 4.06. The summed E-state index contributed by atoms with van der Waals surface area (Å²) in [7, 11) is 4.73. The molecule has 0 radical (unpaired) electrons. The van der Waals surface area contributed by atoms with Crippen LogP contribution >= 0.6 is 11.6 Å². The second-order valence-electron chi connectivity index (χ2n) is 5.28. The Labute approximate surface area is 136 Å². The maximum Gasteiger partial charge on any atom is 0.332 e. The van der Waals surface area contributed by atoms with Gasteiger partial charge in [0.1, 0.15) is 0 Å². The first-order valence-corrected chi connectivity index (χ1v) is 7.34. The number of fused-ring (bicyclic) bond motifs is 1. The van der Waals surface area contributed by atoms with Crippen LogP contribution < -0.4 is 11.2 Å². The molecule has 3 aromatic rings. The van der Waals surface area contributed by atoms with Gasteiger partial charge in [-0.2, -0.15) is 0 Å². The number of benzene rings is 1. The van der Waals surface area contributed by atoms with Crippen LogP contribution in [0.5, 0.6) is 0 Å². The van der Waals surface area contributed by atoms with Crippen molar-refractivity contribution >= 4 is 33.9 Å². The first-order valence-electron chi connectivity index (χ1n) is 6.97. The van der Waals surface area contributed by atoms with Crippen molar-refractivity contribution in [1.82, 2.24) is 18.7 Å². The molecular formula is C16H15ClN4O2. The van der Waals surface area contributed by atoms with E-state index in [4.69, 9.17) is 11.6 Å². The SMILES string of the molecule is Cn1c(=O)c2c(nc(/C(Cl)=C\c3ccccc3)n2C)n(C)c1=O. The Hall–Kier alpha value is -2.60. The number of rotatable bonds is 2. The molecule has 23 heavy (non-hydrogen) atoms. The van der Waals surface area contributed by atoms with Crippen molar-refractivity contribution in [2.75, 3.05) is 0 Å². The van der Waals surface area contributed by atoms with Gasteiger partial charge in [0.05, 0.1) is 5.03 Å². The van der Waals surface area contributed by atoms with Gasteiger partial charge in [-0.25, -0.2) is 9.78 Å². The Kier molecular flexibility index (Phi) is 3.69. The van der Waals surface area contributed by atoms with Gasteiger partial charge in [0, 0.05) is 21.1 Å².